The Bertz CT molecular complexity index is 1330. The van der Waals surface area contributed by atoms with Crippen molar-refractivity contribution in [2.75, 3.05) is 22.6 Å². The summed E-state index contributed by atoms with van der Waals surface area (Å²) in [5, 5.41) is 15.2. The first kappa shape index (κ1) is 22.7. The summed E-state index contributed by atoms with van der Waals surface area (Å²) in [6.07, 6.45) is -0.170. The van der Waals surface area contributed by atoms with Crippen molar-refractivity contribution in [2.24, 2.45) is 0 Å². The van der Waals surface area contributed by atoms with Gasteiger partial charge in [-0.25, -0.2) is 4.39 Å². The van der Waals surface area contributed by atoms with Crippen molar-refractivity contribution in [1.29, 1.82) is 0 Å². The van der Waals surface area contributed by atoms with E-state index in [0.717, 1.165) is 0 Å². The molecule has 3 aromatic carbocycles. The van der Waals surface area contributed by atoms with Crippen LogP contribution in [0.2, 0.25) is 0 Å². The number of nitrogens with zero attached hydrogens (tertiary/aromatic N) is 1. The molecule has 0 saturated heterocycles. The van der Waals surface area contributed by atoms with Gasteiger partial charge in [0.2, 0.25) is 5.91 Å². The molecule has 2 amide bonds. The zero-order chi connectivity index (χ0) is 24.4. The Morgan fingerprint density at radius 1 is 1.06 bits per heavy atom. The average Bonchev–Trinajstić information content (AvgIpc) is 3.11. The van der Waals surface area contributed by atoms with E-state index < -0.39 is 17.7 Å². The molecule has 0 unspecified atom stereocenters. The van der Waals surface area contributed by atoms with Crippen LogP contribution in [0.1, 0.15) is 23.6 Å². The van der Waals surface area contributed by atoms with Crippen LogP contribution in [0.3, 0.4) is 0 Å². The van der Waals surface area contributed by atoms with Gasteiger partial charge in [-0.1, -0.05) is 18.2 Å². The first-order valence-corrected chi connectivity index (χ1v) is 10.5. The molecule has 172 valence electrons. The van der Waals surface area contributed by atoms with Crippen molar-refractivity contribution in [3.63, 3.8) is 0 Å². The second kappa shape index (κ2) is 9.19. The van der Waals surface area contributed by atoms with Gasteiger partial charge in [0.25, 0.3) is 5.91 Å². The van der Waals surface area contributed by atoms with E-state index in [2.05, 4.69) is 10.6 Å². The molecule has 0 bridgehead atoms. The Balaban J connectivity index is 1.82. The highest BCUT2D eigenvalue weighted by Gasteiger charge is 2.29. The molecule has 3 N–H and O–H groups in total. The summed E-state index contributed by atoms with van der Waals surface area (Å²) >= 11 is 0. The van der Waals surface area contributed by atoms with Crippen LogP contribution < -0.4 is 15.5 Å². The van der Waals surface area contributed by atoms with Crippen LogP contribution in [-0.2, 0) is 20.8 Å². The van der Waals surface area contributed by atoms with Crippen LogP contribution in [-0.4, -0.2) is 29.9 Å². The fraction of sp³-hybridized carbons (Fsp3) is 0.115. The molecule has 0 atom stereocenters. The monoisotopic (exact) mass is 459 g/mol. The number of nitrogens with one attached hydrogen (secondary N) is 2. The molecule has 1 aliphatic rings. The number of fused-ring (bicyclic) bond motifs is 1. The minimum atomic E-state index is -0.969. The number of hydrogen-bond acceptors (Lipinski definition) is 4. The lowest BCUT2D eigenvalue weighted by molar-refractivity contribution is -0.136. The third kappa shape index (κ3) is 4.66. The minimum absolute atomic E-state index is 0.106. The molecular formula is C26H22FN3O4. The summed E-state index contributed by atoms with van der Waals surface area (Å²) in [6, 6.07) is 18.0. The van der Waals surface area contributed by atoms with E-state index in [1.165, 1.54) is 30.0 Å². The topological polar surface area (TPSA) is 98.7 Å². The van der Waals surface area contributed by atoms with E-state index in [1.54, 1.807) is 55.6 Å². The first-order valence-electron chi connectivity index (χ1n) is 10.5. The van der Waals surface area contributed by atoms with E-state index >= 15 is 0 Å². The molecule has 3 aromatic rings. The predicted molar refractivity (Wildman–Crippen MR) is 129 cm³/mol. The fourth-order valence-electron chi connectivity index (χ4n) is 3.78. The van der Waals surface area contributed by atoms with E-state index in [1.807, 2.05) is 0 Å². The Morgan fingerprint density at radius 3 is 2.47 bits per heavy atom. The quantitative estimate of drug-likeness (QED) is 0.476. The summed E-state index contributed by atoms with van der Waals surface area (Å²) in [4.78, 5) is 37.3. The van der Waals surface area contributed by atoms with Gasteiger partial charge in [0.15, 0.2) is 0 Å². The Morgan fingerprint density at radius 2 is 1.79 bits per heavy atom. The Labute approximate surface area is 195 Å². The number of hydrogen-bond donors (Lipinski definition) is 3. The highest BCUT2D eigenvalue weighted by Crippen LogP contribution is 2.38. The molecule has 0 aromatic heterocycles. The molecule has 34 heavy (non-hydrogen) atoms. The zero-order valence-corrected chi connectivity index (χ0v) is 18.6. The summed E-state index contributed by atoms with van der Waals surface area (Å²) < 4.78 is 13.8. The molecule has 0 spiro atoms. The summed E-state index contributed by atoms with van der Waals surface area (Å²) in [6.45, 7) is 1.47. The van der Waals surface area contributed by atoms with Gasteiger partial charge >= 0.3 is 5.97 Å². The van der Waals surface area contributed by atoms with Gasteiger partial charge in [0, 0.05) is 30.9 Å². The predicted octanol–water partition coefficient (Wildman–Crippen LogP) is 4.37. The van der Waals surface area contributed by atoms with Gasteiger partial charge in [0.05, 0.1) is 23.4 Å². The SMILES string of the molecule is CC(=O)N(C)c1ccc(N/C(=C2\C(=O)Nc3cc(F)ccc32)c2cccc(CC(=O)O)c2)cc1. The molecule has 1 aliphatic heterocycles. The number of benzene rings is 3. The Kier molecular flexibility index (Phi) is 6.14. The molecule has 4 rings (SSSR count). The molecule has 1 heterocycles. The van der Waals surface area contributed by atoms with Crippen LogP contribution in [0.25, 0.3) is 11.3 Å². The van der Waals surface area contributed by atoms with Gasteiger partial charge in [0.1, 0.15) is 5.82 Å². The van der Waals surface area contributed by atoms with Crippen molar-refractivity contribution in [3.05, 3.63) is 89.2 Å². The zero-order valence-electron chi connectivity index (χ0n) is 18.6. The van der Waals surface area contributed by atoms with Crippen molar-refractivity contribution in [1.82, 2.24) is 0 Å². The standard InChI is InChI=1S/C26H22FN3O4/c1-15(31)30(2)20-9-7-19(8-10-20)28-25(17-5-3-4-16(12-17)13-23(32)33)24-21-11-6-18(27)14-22(21)29-26(24)34/h3-12,14,28H,13H2,1-2H3,(H,29,34)(H,32,33)/b25-24-. The van der Waals surface area contributed by atoms with Crippen molar-refractivity contribution >= 4 is 46.1 Å². The summed E-state index contributed by atoms with van der Waals surface area (Å²) in [5.74, 6) is -1.95. The van der Waals surface area contributed by atoms with Gasteiger partial charge in [-0.05, 0) is 59.7 Å². The number of carbonyl (C=O) groups excluding carboxylic acids is 2. The third-order valence-electron chi connectivity index (χ3n) is 5.54. The van der Waals surface area contributed by atoms with Crippen molar-refractivity contribution in [3.8, 4) is 0 Å². The normalized spacial score (nSPS) is 13.7. The highest BCUT2D eigenvalue weighted by atomic mass is 19.1. The molecule has 0 aliphatic carbocycles. The van der Waals surface area contributed by atoms with Gasteiger partial charge < -0.3 is 20.6 Å². The van der Waals surface area contributed by atoms with E-state index in [0.29, 0.717) is 45.0 Å². The molecule has 7 nitrogen and oxygen atoms in total. The van der Waals surface area contributed by atoms with Crippen molar-refractivity contribution < 1.29 is 23.9 Å². The lowest BCUT2D eigenvalue weighted by Crippen LogP contribution is -2.22. The minimum Gasteiger partial charge on any atom is -0.481 e. The smallest absolute Gasteiger partial charge is 0.307 e. The van der Waals surface area contributed by atoms with Gasteiger partial charge in [-0.3, -0.25) is 14.4 Å². The number of carboxylic acid groups (broad SMARTS) is 1. The number of aliphatic carboxylic acids is 1. The fourth-order valence-corrected chi connectivity index (χ4v) is 3.78. The molecular weight excluding hydrogens is 437 g/mol. The highest BCUT2D eigenvalue weighted by molar-refractivity contribution is 6.37. The number of amides is 2. The van der Waals surface area contributed by atoms with Gasteiger partial charge in [-0.2, -0.15) is 0 Å². The maximum Gasteiger partial charge on any atom is 0.307 e. The summed E-state index contributed by atoms with van der Waals surface area (Å²) in [5.41, 5.74) is 4.18. The molecule has 0 fully saturated rings. The molecule has 8 heteroatoms. The molecule has 0 saturated carbocycles. The van der Waals surface area contributed by atoms with Crippen LogP contribution in [0.4, 0.5) is 21.5 Å². The second-order valence-electron chi connectivity index (χ2n) is 7.91. The number of anilines is 3. The van der Waals surface area contributed by atoms with E-state index in [-0.39, 0.29) is 12.3 Å². The van der Waals surface area contributed by atoms with Crippen LogP contribution >= 0.6 is 0 Å². The number of carboxylic acids is 1. The summed E-state index contributed by atoms with van der Waals surface area (Å²) in [7, 11) is 1.67. The van der Waals surface area contributed by atoms with E-state index in [4.69, 9.17) is 0 Å². The number of rotatable bonds is 6. The van der Waals surface area contributed by atoms with Crippen LogP contribution in [0.5, 0.6) is 0 Å². The van der Waals surface area contributed by atoms with Crippen LogP contribution in [0, 0.1) is 5.82 Å². The van der Waals surface area contributed by atoms with Crippen molar-refractivity contribution in [2.45, 2.75) is 13.3 Å². The third-order valence-corrected chi connectivity index (χ3v) is 5.54. The lowest BCUT2D eigenvalue weighted by atomic mass is 9.98. The lowest BCUT2D eigenvalue weighted by Gasteiger charge is -2.18. The van der Waals surface area contributed by atoms with E-state index in [9.17, 15) is 23.9 Å². The van der Waals surface area contributed by atoms with Crippen LogP contribution in [0.15, 0.2) is 66.7 Å². The average molecular weight is 459 g/mol. The Hall–Kier alpha value is -4.46. The second-order valence-corrected chi connectivity index (χ2v) is 7.91. The number of halogens is 1. The maximum atomic E-state index is 13.8. The van der Waals surface area contributed by atoms with Gasteiger partial charge in [-0.15, -0.1) is 0 Å². The first-order chi connectivity index (χ1) is 16.2. The maximum absolute atomic E-state index is 13.8. The largest absolute Gasteiger partial charge is 0.481 e. The molecule has 0 radical (unpaired) electrons. The number of carbonyl (C=O) groups is 3.